The molecule has 0 aliphatic carbocycles. The Morgan fingerprint density at radius 1 is 0.738 bits per heavy atom. The van der Waals surface area contributed by atoms with E-state index >= 15 is 0 Å². The van der Waals surface area contributed by atoms with E-state index in [1.165, 1.54) is 23.4 Å². The molecule has 0 saturated heterocycles. The second-order valence-corrected chi connectivity index (χ2v) is 15.3. The summed E-state index contributed by atoms with van der Waals surface area (Å²) in [4.78, 5) is 47.4. The van der Waals surface area contributed by atoms with E-state index < -0.39 is 29.2 Å². The molecule has 3 aromatic carbocycles. The molecule has 1 amide bonds. The number of nitrogens with one attached hydrogen (secondary N) is 1. The largest absolute Gasteiger partial charge is 0.480 e. The quantitative estimate of drug-likeness (QED) is 0.162. The van der Waals surface area contributed by atoms with Gasteiger partial charge in [0.2, 0.25) is 17.7 Å². The van der Waals surface area contributed by atoms with Gasteiger partial charge in [0.05, 0.1) is 77.2 Å². The highest BCUT2D eigenvalue weighted by molar-refractivity contribution is 5.76. The Bertz CT molecular complexity index is 2310. The Hall–Kier alpha value is -6.23. The molecule has 15 nitrogen and oxygen atoms in total. The molecule has 1 aliphatic heterocycles. The maximum atomic E-state index is 13.4. The number of allylic oxidation sites excluding steroid dienone is 1. The van der Waals surface area contributed by atoms with E-state index in [2.05, 4.69) is 51.7 Å². The molecule has 5 aromatic rings. The SMILES string of the molecule is COc1nc(=O)n2cc1/C=C/CCNC(=O)CC/C=C/c1cn(c(=O)nc1OC)CC[C@@H](COC(c1ccccc1)(c1ccccc1)c1ccccc1)OCCOC[C@@H](OCCO)CC2. The molecule has 3 heterocycles. The smallest absolute Gasteiger partial charge is 0.350 e. The molecular formula is C50H59N5O10. The van der Waals surface area contributed by atoms with Gasteiger partial charge in [-0.3, -0.25) is 13.9 Å². The van der Waals surface area contributed by atoms with Crippen LogP contribution in [-0.2, 0) is 42.4 Å². The van der Waals surface area contributed by atoms with E-state index in [4.69, 9.17) is 28.4 Å². The van der Waals surface area contributed by atoms with Crippen molar-refractivity contribution in [3.8, 4) is 11.8 Å². The van der Waals surface area contributed by atoms with Crippen molar-refractivity contribution in [2.75, 3.05) is 60.4 Å². The van der Waals surface area contributed by atoms with Crippen LogP contribution < -0.4 is 26.2 Å². The number of aryl methyl sites for hydroxylation is 2. The van der Waals surface area contributed by atoms with Gasteiger partial charge in [-0.25, -0.2) is 9.59 Å². The maximum absolute atomic E-state index is 13.4. The minimum absolute atomic E-state index is 0.0906. The standard InChI is InChI=1S/C50H59N5O10/c1-60-46-38-16-12-13-24-45(57)51-27-15-14-17-39-35-54(48(58)53-47(39)61-2)28-25-43(63-31-30-56)36-62-32-33-64-44(26-29-55(34-38)49(59)52-46)37-65-50(40-18-6-3-7-19-40,41-20-8-4-9-21-41)42-22-10-5-11-23-42/h3-12,14,16-23,34-35,43-44,56H,13,15,24-33,36-37H2,1-2H3,(H,51,57)/b16-12+,17-14+/t43-,44-/m0/s1. The molecule has 0 fully saturated rings. The van der Waals surface area contributed by atoms with Gasteiger partial charge in [-0.2, -0.15) is 9.97 Å². The molecule has 2 N–H and O–H groups in total. The topological polar surface area (TPSA) is 174 Å². The summed E-state index contributed by atoms with van der Waals surface area (Å²) in [5.41, 5.74) is 2.02. The first-order valence-electron chi connectivity index (χ1n) is 22.0. The van der Waals surface area contributed by atoms with Crippen LogP contribution >= 0.6 is 0 Å². The Morgan fingerprint density at radius 3 is 1.82 bits per heavy atom. The van der Waals surface area contributed by atoms with E-state index in [0.29, 0.717) is 43.4 Å². The Kier molecular flexibility index (Phi) is 18.8. The molecule has 2 aromatic heterocycles. The average Bonchev–Trinajstić information content (AvgIpc) is 3.34. The Morgan fingerprint density at radius 2 is 1.28 bits per heavy atom. The number of aliphatic hydroxyl groups is 1. The number of aromatic nitrogens is 4. The lowest BCUT2D eigenvalue weighted by Crippen LogP contribution is -2.37. The lowest BCUT2D eigenvalue weighted by molar-refractivity contribution is -0.120. The summed E-state index contributed by atoms with van der Waals surface area (Å²) in [6.07, 6.45) is 11.7. The number of carbonyl (C=O) groups excluding carboxylic acids is 1. The third-order valence-corrected chi connectivity index (χ3v) is 10.9. The summed E-state index contributed by atoms with van der Waals surface area (Å²) < 4.78 is 39.6. The van der Waals surface area contributed by atoms with Gasteiger partial charge in [0.1, 0.15) is 5.60 Å². The molecule has 15 heteroatoms. The van der Waals surface area contributed by atoms with E-state index in [1.807, 2.05) is 66.7 Å². The van der Waals surface area contributed by atoms with Gasteiger partial charge in [-0.1, -0.05) is 115 Å². The number of amides is 1. The number of ether oxygens (including phenoxy) is 6. The minimum atomic E-state index is -1.01. The van der Waals surface area contributed by atoms with E-state index in [9.17, 15) is 19.5 Å². The zero-order chi connectivity index (χ0) is 45.7. The molecule has 1 aliphatic rings. The molecule has 6 rings (SSSR count). The van der Waals surface area contributed by atoms with Gasteiger partial charge in [0.25, 0.3) is 0 Å². The molecular weight excluding hydrogens is 831 g/mol. The molecule has 0 saturated carbocycles. The lowest BCUT2D eigenvalue weighted by atomic mass is 9.80. The summed E-state index contributed by atoms with van der Waals surface area (Å²) >= 11 is 0. The third-order valence-electron chi connectivity index (χ3n) is 10.9. The fraction of sp³-hybridized carbons (Fsp3) is 0.380. The minimum Gasteiger partial charge on any atom is -0.480 e. The van der Waals surface area contributed by atoms with Crippen LogP contribution in [0.25, 0.3) is 12.2 Å². The van der Waals surface area contributed by atoms with Crippen molar-refractivity contribution in [2.24, 2.45) is 0 Å². The van der Waals surface area contributed by atoms with Crippen LogP contribution in [0.2, 0.25) is 0 Å². The molecule has 65 heavy (non-hydrogen) atoms. The van der Waals surface area contributed by atoms with Crippen molar-refractivity contribution in [1.29, 1.82) is 0 Å². The normalized spacial score (nSPS) is 18.4. The van der Waals surface area contributed by atoms with Crippen molar-refractivity contribution in [3.63, 3.8) is 0 Å². The summed E-state index contributed by atoms with van der Waals surface area (Å²) in [5.74, 6) is 0.252. The molecule has 0 unspecified atom stereocenters. The molecule has 0 spiro atoms. The van der Waals surface area contributed by atoms with Crippen LogP contribution in [0.1, 0.15) is 59.9 Å². The van der Waals surface area contributed by atoms with Crippen LogP contribution in [0.3, 0.4) is 0 Å². The van der Waals surface area contributed by atoms with Crippen LogP contribution in [0, 0.1) is 0 Å². The predicted octanol–water partition coefficient (Wildman–Crippen LogP) is 5.41. The van der Waals surface area contributed by atoms with Crippen LogP contribution in [-0.4, -0.2) is 103 Å². The highest BCUT2D eigenvalue weighted by Crippen LogP contribution is 2.40. The van der Waals surface area contributed by atoms with Gasteiger partial charge in [0.15, 0.2) is 0 Å². The number of nitrogens with zero attached hydrogens (tertiary/aromatic N) is 4. The number of hydrogen-bond donors (Lipinski definition) is 2. The number of methoxy groups -OCH3 is 2. The van der Waals surface area contributed by atoms with Crippen molar-refractivity contribution in [2.45, 2.75) is 63.0 Å². The van der Waals surface area contributed by atoms with E-state index in [0.717, 1.165) is 16.7 Å². The fourth-order valence-electron chi connectivity index (χ4n) is 7.57. The summed E-state index contributed by atoms with van der Waals surface area (Å²) in [6.45, 7) is 1.52. The number of benzene rings is 3. The monoisotopic (exact) mass is 889 g/mol. The van der Waals surface area contributed by atoms with Crippen LogP contribution in [0.4, 0.5) is 0 Å². The van der Waals surface area contributed by atoms with Gasteiger partial charge >= 0.3 is 11.4 Å². The number of fused-ring (bicyclic) bond motifs is 4. The van der Waals surface area contributed by atoms with Crippen LogP contribution in [0.15, 0.2) is 125 Å². The molecule has 0 radical (unpaired) electrons. The van der Waals surface area contributed by atoms with Gasteiger partial charge in [-0.15, -0.1) is 0 Å². The van der Waals surface area contributed by atoms with Crippen molar-refractivity contribution in [1.82, 2.24) is 24.4 Å². The summed E-state index contributed by atoms with van der Waals surface area (Å²) in [5, 5.41) is 12.5. The predicted molar refractivity (Wildman–Crippen MR) is 247 cm³/mol. The van der Waals surface area contributed by atoms with Crippen molar-refractivity contribution < 1.29 is 38.3 Å². The molecule has 4 bridgehead atoms. The van der Waals surface area contributed by atoms with Gasteiger partial charge in [-0.05, 0) is 42.4 Å². The highest BCUT2D eigenvalue weighted by Gasteiger charge is 2.38. The maximum Gasteiger partial charge on any atom is 0.350 e. The number of aliphatic hydroxyl groups excluding tert-OH is 1. The highest BCUT2D eigenvalue weighted by atomic mass is 16.6. The van der Waals surface area contributed by atoms with Gasteiger partial charge < -0.3 is 38.8 Å². The molecule has 2 atom stereocenters. The van der Waals surface area contributed by atoms with Crippen molar-refractivity contribution in [3.05, 3.63) is 164 Å². The second kappa shape index (κ2) is 25.3. The third kappa shape index (κ3) is 13.6. The Labute approximate surface area is 379 Å². The van der Waals surface area contributed by atoms with Crippen molar-refractivity contribution >= 4 is 18.1 Å². The Balaban J connectivity index is 1.28. The van der Waals surface area contributed by atoms with E-state index in [1.54, 1.807) is 24.5 Å². The van der Waals surface area contributed by atoms with Gasteiger partial charge in [0, 0.05) is 38.4 Å². The summed E-state index contributed by atoms with van der Waals surface area (Å²) in [7, 11) is 2.91. The number of hydrogen-bond acceptors (Lipinski definition) is 12. The zero-order valence-electron chi connectivity index (χ0n) is 37.1. The number of carbonyl (C=O) groups is 1. The average molecular weight is 890 g/mol. The zero-order valence-corrected chi connectivity index (χ0v) is 37.1. The first kappa shape index (κ1) is 48.2. The second-order valence-electron chi connectivity index (χ2n) is 15.3. The molecule has 344 valence electrons. The summed E-state index contributed by atoms with van der Waals surface area (Å²) in [6, 6.07) is 30.2. The number of rotatable bonds is 11. The first-order valence-corrected chi connectivity index (χ1v) is 22.0. The lowest BCUT2D eigenvalue weighted by Gasteiger charge is -2.37. The van der Waals surface area contributed by atoms with Crippen LogP contribution in [0.5, 0.6) is 11.8 Å². The fourth-order valence-corrected chi connectivity index (χ4v) is 7.57. The first-order chi connectivity index (χ1) is 31.8. The van der Waals surface area contributed by atoms with E-state index in [-0.39, 0.29) is 76.8 Å².